The number of rotatable bonds is 4. The number of pyridine rings is 2. The molecule has 0 saturated heterocycles. The molecule has 0 saturated carbocycles. The Balaban J connectivity index is 0. The zero-order chi connectivity index (χ0) is 26.0. The van der Waals surface area contributed by atoms with Crippen LogP contribution in [0.4, 0.5) is 0 Å². The smallest absolute Gasteiger partial charge is 1.00 e. The minimum atomic E-state index is -0.951. The molecule has 2 aliphatic heterocycles. The molecular formula is C20H26ClKN6O7S2. The molecule has 0 fully saturated rings. The number of halogens is 1. The topological polar surface area (TPSA) is 201 Å². The van der Waals surface area contributed by atoms with Gasteiger partial charge < -0.3 is 22.0 Å². The molecule has 0 bridgehead atoms. The van der Waals surface area contributed by atoms with E-state index >= 15 is 0 Å². The van der Waals surface area contributed by atoms with Crippen molar-refractivity contribution in [3.63, 3.8) is 0 Å². The number of amides is 1. The number of carbonyl (C=O) groups excluding carboxylic acids is 1. The summed E-state index contributed by atoms with van der Waals surface area (Å²) in [4.78, 5) is 38.2. The van der Waals surface area contributed by atoms with Crippen molar-refractivity contribution in [2.24, 2.45) is 9.98 Å². The summed E-state index contributed by atoms with van der Waals surface area (Å²) in [6.45, 7) is 0. The number of carbonyl (C=O) groups is 2. The second-order valence-electron chi connectivity index (χ2n) is 6.69. The minimum Gasteiger partial charge on any atom is -1.00 e. The molecule has 0 radical (unpaired) electrons. The van der Waals surface area contributed by atoms with E-state index in [1.165, 1.54) is 55.9 Å². The molecule has 198 valence electrons. The molecule has 2 atom stereocenters. The number of aliphatic carboxylic acids is 1. The molecule has 2 aromatic heterocycles. The summed E-state index contributed by atoms with van der Waals surface area (Å²) in [6.07, 6.45) is 3.08. The van der Waals surface area contributed by atoms with Crippen molar-refractivity contribution in [3.8, 4) is 11.5 Å². The maximum Gasteiger partial charge on any atom is 1.00 e. The molecule has 4 rings (SSSR count). The number of nitrogens with one attached hydrogen (secondary N) is 1. The summed E-state index contributed by atoms with van der Waals surface area (Å²) < 4.78 is 0. The summed E-state index contributed by atoms with van der Waals surface area (Å²) in [5.74, 6) is -0.537. The van der Waals surface area contributed by atoms with Crippen LogP contribution in [-0.2, 0) is 9.59 Å². The Bertz CT molecular complexity index is 1120. The van der Waals surface area contributed by atoms with Gasteiger partial charge in [-0.3, -0.25) is 30.0 Å². The second-order valence-corrected chi connectivity index (χ2v) is 8.71. The molecule has 13 nitrogen and oxygen atoms in total. The SMILES string of the molecule is CN(O)C(=O)C1CSC(c2ncccc2O)=N1.CNO.Cl.O=C(O)C1CSC(c2ncccc2O)=N1.[H-].[K+]. The largest absolute Gasteiger partial charge is 1.00 e. The quantitative estimate of drug-likeness (QED) is 0.133. The Labute approximate surface area is 271 Å². The Morgan fingerprint density at radius 3 is 1.76 bits per heavy atom. The van der Waals surface area contributed by atoms with Crippen molar-refractivity contribution >= 4 is 57.9 Å². The first-order chi connectivity index (χ1) is 16.7. The van der Waals surface area contributed by atoms with Crippen molar-refractivity contribution in [1.82, 2.24) is 20.5 Å². The number of thioether (sulfide) groups is 2. The fourth-order valence-electron chi connectivity index (χ4n) is 2.60. The third-order valence-corrected chi connectivity index (χ3v) is 6.28. The zero-order valence-corrected chi connectivity index (χ0v) is 25.6. The van der Waals surface area contributed by atoms with Crippen LogP contribution in [0.1, 0.15) is 12.8 Å². The Morgan fingerprint density at radius 1 is 1.00 bits per heavy atom. The standard InChI is InChI=1S/C10H11N3O3S.C9H8N2O3S.CH5NO.ClH.K.H/c1-13(16)10(15)6-5-17-9(12-6)8-7(14)3-2-4-11-8;12-6-2-1-3-10-7(6)8-11-5(4-15-8)9(13)14;1-2-3;;;/h2-4,6,14,16H,5H2,1H3;1-3,5,12H,4H2,(H,13,14);2-3H,1H3;1H;;/q;;;;+1;-1. The number of carboxylic acid groups (broad SMARTS) is 1. The van der Waals surface area contributed by atoms with Gasteiger partial charge >= 0.3 is 57.4 Å². The first-order valence-corrected chi connectivity index (χ1v) is 11.9. The van der Waals surface area contributed by atoms with Gasteiger partial charge in [0.25, 0.3) is 5.91 Å². The van der Waals surface area contributed by atoms with E-state index in [9.17, 15) is 19.8 Å². The molecule has 2 aromatic rings. The number of nitrogens with zero attached hydrogens (tertiary/aromatic N) is 5. The number of aromatic hydroxyl groups is 2. The van der Waals surface area contributed by atoms with E-state index in [4.69, 9.17) is 15.5 Å². The summed E-state index contributed by atoms with van der Waals surface area (Å²) >= 11 is 2.63. The van der Waals surface area contributed by atoms with Gasteiger partial charge in [0.15, 0.2) is 6.04 Å². The molecule has 0 aliphatic carbocycles. The molecule has 4 heterocycles. The molecule has 17 heteroatoms. The molecule has 1 amide bonds. The Morgan fingerprint density at radius 2 is 1.41 bits per heavy atom. The van der Waals surface area contributed by atoms with Crippen molar-refractivity contribution in [2.45, 2.75) is 12.1 Å². The second kappa shape index (κ2) is 18.1. The van der Waals surface area contributed by atoms with Gasteiger partial charge in [-0.1, -0.05) is 0 Å². The Hall–Kier alpha value is -1.31. The molecule has 37 heavy (non-hydrogen) atoms. The Kier molecular flexibility index (Phi) is 17.4. The summed E-state index contributed by atoms with van der Waals surface area (Å²) in [5.41, 5.74) is 2.47. The van der Waals surface area contributed by atoms with Gasteiger partial charge in [0.1, 0.15) is 39.0 Å². The number of hydrogen-bond acceptors (Lipinski definition) is 13. The van der Waals surface area contributed by atoms with Crippen molar-refractivity contribution in [1.29, 1.82) is 0 Å². The number of hydroxylamine groups is 3. The van der Waals surface area contributed by atoms with E-state index < -0.39 is 24.0 Å². The number of hydrogen-bond donors (Lipinski definition) is 6. The number of carboxylic acids is 1. The van der Waals surface area contributed by atoms with Crippen LogP contribution in [0.5, 0.6) is 11.5 Å². The number of aromatic nitrogens is 2. The van der Waals surface area contributed by atoms with Gasteiger partial charge in [-0.2, -0.15) is 0 Å². The summed E-state index contributed by atoms with van der Waals surface area (Å²) in [7, 11) is 2.69. The normalized spacial score (nSPS) is 17.3. The van der Waals surface area contributed by atoms with E-state index in [0.29, 0.717) is 38.0 Å². The molecular weight excluding hydrogens is 575 g/mol. The molecule has 2 aliphatic rings. The maximum absolute atomic E-state index is 11.5. The van der Waals surface area contributed by atoms with Crippen LogP contribution >= 0.6 is 35.9 Å². The third kappa shape index (κ3) is 10.8. The van der Waals surface area contributed by atoms with Gasteiger partial charge in [-0.15, -0.1) is 35.9 Å². The maximum atomic E-state index is 11.5. The summed E-state index contributed by atoms with van der Waals surface area (Å²) in [5, 5.41) is 45.7. The van der Waals surface area contributed by atoms with E-state index in [0.717, 1.165) is 0 Å². The third-order valence-electron chi connectivity index (χ3n) is 4.17. The number of likely N-dealkylation sites (N-methyl/N-ethyl adjacent to an activating group) is 1. The van der Waals surface area contributed by atoms with Crippen molar-refractivity contribution in [3.05, 3.63) is 48.0 Å². The van der Waals surface area contributed by atoms with Crippen LogP contribution in [-0.4, -0.2) is 100 Å². The van der Waals surface area contributed by atoms with Gasteiger partial charge in [0.2, 0.25) is 0 Å². The van der Waals surface area contributed by atoms with Gasteiger partial charge in [-0.25, -0.2) is 15.3 Å². The van der Waals surface area contributed by atoms with E-state index in [1.807, 2.05) is 0 Å². The fourth-order valence-corrected chi connectivity index (χ4v) is 4.66. The first kappa shape index (κ1) is 35.7. The van der Waals surface area contributed by atoms with Crippen LogP contribution in [0.15, 0.2) is 46.6 Å². The van der Waals surface area contributed by atoms with E-state index in [-0.39, 0.29) is 76.7 Å². The van der Waals surface area contributed by atoms with Crippen LogP contribution in [0, 0.1) is 0 Å². The molecule has 6 N–H and O–H groups in total. The number of aliphatic imine (C=N–C) groups is 2. The van der Waals surface area contributed by atoms with E-state index in [2.05, 4.69) is 20.0 Å². The average Bonchev–Trinajstić information content (AvgIpc) is 3.51. The van der Waals surface area contributed by atoms with Crippen LogP contribution in [0.3, 0.4) is 0 Å². The molecule has 2 unspecified atom stereocenters. The summed E-state index contributed by atoms with van der Waals surface area (Å²) in [6, 6.07) is 4.88. The van der Waals surface area contributed by atoms with Gasteiger partial charge in [0, 0.05) is 38.0 Å². The molecule has 0 aromatic carbocycles. The van der Waals surface area contributed by atoms with Gasteiger partial charge in [0.05, 0.1) is 0 Å². The average molecular weight is 601 g/mol. The van der Waals surface area contributed by atoms with Gasteiger partial charge in [-0.05, 0) is 24.3 Å². The molecule has 0 spiro atoms. The monoisotopic (exact) mass is 600 g/mol. The van der Waals surface area contributed by atoms with Crippen molar-refractivity contribution < 1.29 is 88.1 Å². The van der Waals surface area contributed by atoms with Crippen molar-refractivity contribution in [2.75, 3.05) is 25.6 Å². The first-order valence-electron chi connectivity index (χ1n) is 9.89. The predicted molar refractivity (Wildman–Crippen MR) is 139 cm³/mol. The van der Waals surface area contributed by atoms with Crippen LogP contribution in [0.25, 0.3) is 0 Å². The van der Waals surface area contributed by atoms with Crippen LogP contribution in [0.2, 0.25) is 0 Å². The minimum absolute atomic E-state index is 0. The fraction of sp³-hybridized carbons (Fsp3) is 0.300. The zero-order valence-electron chi connectivity index (χ0n) is 21.0. The van der Waals surface area contributed by atoms with Crippen LogP contribution < -0.4 is 56.9 Å². The van der Waals surface area contributed by atoms with E-state index in [1.54, 1.807) is 23.8 Å². The predicted octanol–water partition coefficient (Wildman–Crippen LogP) is -1.64.